The Bertz CT molecular complexity index is 728. The number of anilines is 1. The average Bonchev–Trinajstić information content (AvgIpc) is 2.43. The van der Waals surface area contributed by atoms with Crippen LogP contribution in [0.3, 0.4) is 0 Å². The molecule has 20 heavy (non-hydrogen) atoms. The molecule has 0 saturated heterocycles. The van der Waals surface area contributed by atoms with Crippen molar-refractivity contribution in [3.8, 4) is 6.07 Å². The first-order valence-electron chi connectivity index (χ1n) is 5.51. The summed E-state index contributed by atoms with van der Waals surface area (Å²) in [5.41, 5.74) is 1.03. The number of carbonyl (C=O) groups excluding carboxylic acids is 1. The number of hydrogen-bond donors (Lipinski definition) is 2. The van der Waals surface area contributed by atoms with Gasteiger partial charge in [-0.2, -0.15) is 5.26 Å². The Morgan fingerprint density at radius 1 is 1.30 bits per heavy atom. The van der Waals surface area contributed by atoms with Crippen molar-refractivity contribution in [1.29, 1.82) is 5.26 Å². The zero-order valence-electron chi connectivity index (χ0n) is 10.0. The number of nitrogens with zero attached hydrogens (tertiary/aromatic N) is 1. The molecule has 0 spiro atoms. The topological polar surface area (TPSA) is 52.9 Å². The molecule has 0 heterocycles. The second kappa shape index (κ2) is 5.95. The standard InChI is InChI=1S/C14H8ClFN2OS/c15-10-5-8(7-17)1-4-12(10)18-14(19)9-2-3-11(16)13(20)6-9/h1-6,20H,(H,18,19). The summed E-state index contributed by atoms with van der Waals surface area (Å²) in [5.74, 6) is -0.937. The van der Waals surface area contributed by atoms with Gasteiger partial charge in [-0.15, -0.1) is 12.6 Å². The number of hydrogen-bond acceptors (Lipinski definition) is 3. The van der Waals surface area contributed by atoms with Crippen molar-refractivity contribution >= 4 is 35.8 Å². The van der Waals surface area contributed by atoms with E-state index in [1.54, 1.807) is 0 Å². The number of nitrogens with one attached hydrogen (secondary N) is 1. The van der Waals surface area contributed by atoms with Crippen LogP contribution in [0.4, 0.5) is 10.1 Å². The monoisotopic (exact) mass is 306 g/mol. The van der Waals surface area contributed by atoms with E-state index < -0.39 is 11.7 Å². The third-order valence-electron chi connectivity index (χ3n) is 2.55. The highest BCUT2D eigenvalue weighted by Crippen LogP contribution is 2.24. The maximum atomic E-state index is 13.1. The maximum absolute atomic E-state index is 13.1. The summed E-state index contributed by atoms with van der Waals surface area (Å²) in [6.07, 6.45) is 0. The summed E-state index contributed by atoms with van der Waals surface area (Å²) >= 11 is 9.87. The van der Waals surface area contributed by atoms with E-state index in [2.05, 4.69) is 17.9 Å². The van der Waals surface area contributed by atoms with Gasteiger partial charge in [0.05, 0.1) is 22.3 Å². The van der Waals surface area contributed by atoms with Crippen LogP contribution in [-0.4, -0.2) is 5.91 Å². The summed E-state index contributed by atoms with van der Waals surface area (Å²) in [5, 5.41) is 11.6. The number of nitriles is 1. The van der Waals surface area contributed by atoms with Gasteiger partial charge in [-0.3, -0.25) is 4.79 Å². The van der Waals surface area contributed by atoms with Crippen LogP contribution in [-0.2, 0) is 0 Å². The molecule has 0 bridgehead atoms. The highest BCUT2D eigenvalue weighted by molar-refractivity contribution is 7.80. The predicted molar refractivity (Wildman–Crippen MR) is 77.8 cm³/mol. The highest BCUT2D eigenvalue weighted by Gasteiger charge is 2.10. The molecule has 6 heteroatoms. The van der Waals surface area contributed by atoms with Crippen LogP contribution < -0.4 is 5.32 Å². The Balaban J connectivity index is 2.23. The van der Waals surface area contributed by atoms with Gasteiger partial charge in [0.15, 0.2) is 0 Å². The maximum Gasteiger partial charge on any atom is 0.255 e. The number of amides is 1. The Labute approximate surface area is 125 Å². The van der Waals surface area contributed by atoms with Gasteiger partial charge in [0.25, 0.3) is 5.91 Å². The number of carbonyl (C=O) groups is 1. The Hall–Kier alpha value is -2.03. The molecule has 2 rings (SSSR count). The second-order valence-corrected chi connectivity index (χ2v) is 4.82. The van der Waals surface area contributed by atoms with Crippen LogP contribution in [0.2, 0.25) is 5.02 Å². The van der Waals surface area contributed by atoms with Gasteiger partial charge in [0, 0.05) is 10.5 Å². The largest absolute Gasteiger partial charge is 0.321 e. The van der Waals surface area contributed by atoms with E-state index >= 15 is 0 Å². The fourth-order valence-electron chi connectivity index (χ4n) is 1.53. The molecule has 0 fully saturated rings. The first kappa shape index (κ1) is 14.4. The van der Waals surface area contributed by atoms with E-state index in [9.17, 15) is 9.18 Å². The van der Waals surface area contributed by atoms with Gasteiger partial charge in [0.1, 0.15) is 5.82 Å². The van der Waals surface area contributed by atoms with Crippen LogP contribution in [0.15, 0.2) is 41.3 Å². The first-order valence-corrected chi connectivity index (χ1v) is 6.33. The van der Waals surface area contributed by atoms with E-state index in [1.165, 1.54) is 30.3 Å². The zero-order valence-corrected chi connectivity index (χ0v) is 11.7. The molecule has 1 amide bonds. The molecule has 2 aromatic carbocycles. The number of halogens is 2. The molecule has 3 nitrogen and oxygen atoms in total. The smallest absolute Gasteiger partial charge is 0.255 e. The first-order chi connectivity index (χ1) is 9.51. The van der Waals surface area contributed by atoms with Gasteiger partial charge < -0.3 is 5.32 Å². The molecule has 0 aliphatic carbocycles. The Morgan fingerprint density at radius 3 is 2.65 bits per heavy atom. The van der Waals surface area contributed by atoms with Crippen molar-refractivity contribution in [2.75, 3.05) is 5.32 Å². The fraction of sp³-hybridized carbons (Fsp3) is 0. The van der Waals surface area contributed by atoms with Gasteiger partial charge in [-0.25, -0.2) is 4.39 Å². The van der Waals surface area contributed by atoms with Crippen LogP contribution in [0.25, 0.3) is 0 Å². The van der Waals surface area contributed by atoms with Crippen molar-refractivity contribution in [3.63, 3.8) is 0 Å². The van der Waals surface area contributed by atoms with Crippen molar-refractivity contribution in [1.82, 2.24) is 0 Å². The Morgan fingerprint density at radius 2 is 2.05 bits per heavy atom. The summed E-state index contributed by atoms with van der Waals surface area (Å²) in [6, 6.07) is 10.3. The summed E-state index contributed by atoms with van der Waals surface area (Å²) in [6.45, 7) is 0. The van der Waals surface area contributed by atoms with Gasteiger partial charge in [-0.1, -0.05) is 11.6 Å². The van der Waals surface area contributed by atoms with Crippen molar-refractivity contribution in [2.45, 2.75) is 4.90 Å². The molecule has 0 atom stereocenters. The molecule has 1 N–H and O–H groups in total. The average molecular weight is 307 g/mol. The molecular weight excluding hydrogens is 299 g/mol. The van der Waals surface area contributed by atoms with E-state index in [0.29, 0.717) is 11.3 Å². The van der Waals surface area contributed by atoms with E-state index in [-0.39, 0.29) is 15.5 Å². The van der Waals surface area contributed by atoms with Crippen LogP contribution in [0, 0.1) is 17.1 Å². The second-order valence-electron chi connectivity index (χ2n) is 3.93. The minimum absolute atomic E-state index is 0.0866. The van der Waals surface area contributed by atoms with E-state index in [0.717, 1.165) is 6.07 Å². The van der Waals surface area contributed by atoms with Crippen LogP contribution >= 0.6 is 24.2 Å². The minimum atomic E-state index is -0.499. The minimum Gasteiger partial charge on any atom is -0.321 e. The highest BCUT2D eigenvalue weighted by atomic mass is 35.5. The number of rotatable bonds is 2. The van der Waals surface area contributed by atoms with Crippen molar-refractivity contribution in [3.05, 3.63) is 58.4 Å². The van der Waals surface area contributed by atoms with Crippen molar-refractivity contribution < 1.29 is 9.18 Å². The molecule has 100 valence electrons. The molecule has 0 aliphatic rings. The Kier molecular flexibility index (Phi) is 4.28. The molecule has 0 unspecified atom stereocenters. The predicted octanol–water partition coefficient (Wildman–Crippen LogP) is 3.89. The zero-order chi connectivity index (χ0) is 14.7. The SMILES string of the molecule is N#Cc1ccc(NC(=O)c2ccc(F)c(S)c2)c(Cl)c1. The van der Waals surface area contributed by atoms with Crippen LogP contribution in [0.1, 0.15) is 15.9 Å². The lowest BCUT2D eigenvalue weighted by Crippen LogP contribution is -2.12. The van der Waals surface area contributed by atoms with Gasteiger partial charge in [0.2, 0.25) is 0 Å². The van der Waals surface area contributed by atoms with E-state index in [4.69, 9.17) is 16.9 Å². The molecular formula is C14H8ClFN2OS. The third-order valence-corrected chi connectivity index (χ3v) is 3.21. The lowest BCUT2D eigenvalue weighted by atomic mass is 10.2. The summed E-state index contributed by atoms with van der Waals surface area (Å²) < 4.78 is 13.1. The van der Waals surface area contributed by atoms with Gasteiger partial charge in [-0.05, 0) is 36.4 Å². The fourth-order valence-corrected chi connectivity index (χ4v) is 1.98. The molecule has 0 radical (unpaired) electrons. The quantitative estimate of drug-likeness (QED) is 0.827. The lowest BCUT2D eigenvalue weighted by Gasteiger charge is -2.08. The van der Waals surface area contributed by atoms with E-state index in [1.807, 2.05) is 6.07 Å². The summed E-state index contributed by atoms with van der Waals surface area (Å²) in [7, 11) is 0. The molecule has 2 aromatic rings. The van der Waals surface area contributed by atoms with Gasteiger partial charge >= 0.3 is 0 Å². The van der Waals surface area contributed by atoms with Crippen LogP contribution in [0.5, 0.6) is 0 Å². The number of benzene rings is 2. The molecule has 0 aromatic heterocycles. The molecule has 0 aliphatic heterocycles. The number of thiol groups is 1. The molecule has 0 saturated carbocycles. The lowest BCUT2D eigenvalue weighted by molar-refractivity contribution is 0.102. The normalized spacial score (nSPS) is 9.90. The summed E-state index contributed by atoms with van der Waals surface area (Å²) in [4.78, 5) is 12.1. The van der Waals surface area contributed by atoms with Crippen molar-refractivity contribution in [2.24, 2.45) is 0 Å². The third kappa shape index (κ3) is 3.10.